The Balaban J connectivity index is 1.56. The van der Waals surface area contributed by atoms with Gasteiger partial charge in [0.2, 0.25) is 5.91 Å². The number of nitrogens with zero attached hydrogens (tertiary/aromatic N) is 3. The summed E-state index contributed by atoms with van der Waals surface area (Å²) in [5.74, 6) is -0.0852. The molecule has 3 aromatic rings. The van der Waals surface area contributed by atoms with Gasteiger partial charge in [-0.25, -0.2) is 9.37 Å². The smallest absolute Gasteiger partial charge is 0.262 e. The van der Waals surface area contributed by atoms with Crippen molar-refractivity contribution in [1.82, 2.24) is 14.5 Å². The van der Waals surface area contributed by atoms with Gasteiger partial charge in [0.25, 0.3) is 5.56 Å². The Labute approximate surface area is 209 Å². The summed E-state index contributed by atoms with van der Waals surface area (Å²) in [4.78, 5) is 33.3. The van der Waals surface area contributed by atoms with E-state index in [1.165, 1.54) is 30.3 Å². The van der Waals surface area contributed by atoms with E-state index in [2.05, 4.69) is 0 Å². The minimum absolute atomic E-state index is 0.0112. The third-order valence-electron chi connectivity index (χ3n) is 6.48. The lowest BCUT2D eigenvalue weighted by atomic mass is 9.94. The molecule has 1 aromatic heterocycles. The summed E-state index contributed by atoms with van der Waals surface area (Å²) in [6.45, 7) is 1.47. The number of ether oxygens (including phenoxy) is 1. The number of para-hydroxylation sites is 1. The number of benzene rings is 2. The van der Waals surface area contributed by atoms with Crippen molar-refractivity contribution in [2.75, 3.05) is 19.5 Å². The fraction of sp³-hybridized carbons (Fsp3) is 0.444. The molecule has 35 heavy (non-hydrogen) atoms. The molecule has 1 heterocycles. The van der Waals surface area contributed by atoms with Gasteiger partial charge in [-0.15, -0.1) is 0 Å². The van der Waals surface area contributed by atoms with Gasteiger partial charge in [-0.05, 0) is 49.1 Å². The average molecular weight is 498 g/mol. The van der Waals surface area contributed by atoms with Gasteiger partial charge in [-0.2, -0.15) is 0 Å². The van der Waals surface area contributed by atoms with Crippen LogP contribution < -0.4 is 5.56 Å². The molecule has 0 saturated heterocycles. The second kappa shape index (κ2) is 12.3. The first-order valence-corrected chi connectivity index (χ1v) is 13.2. The second-order valence-electron chi connectivity index (χ2n) is 8.94. The highest BCUT2D eigenvalue weighted by atomic mass is 32.2. The number of carbonyl (C=O) groups is 1. The largest absolute Gasteiger partial charge is 0.385 e. The van der Waals surface area contributed by atoms with E-state index in [9.17, 15) is 14.0 Å². The highest BCUT2D eigenvalue weighted by Gasteiger charge is 2.26. The van der Waals surface area contributed by atoms with Crippen molar-refractivity contribution in [1.29, 1.82) is 0 Å². The highest BCUT2D eigenvalue weighted by molar-refractivity contribution is 7.99. The van der Waals surface area contributed by atoms with E-state index in [0.717, 1.165) is 31.2 Å². The van der Waals surface area contributed by atoms with Crippen LogP contribution in [0.5, 0.6) is 0 Å². The van der Waals surface area contributed by atoms with E-state index in [4.69, 9.17) is 9.72 Å². The van der Waals surface area contributed by atoms with E-state index in [1.54, 1.807) is 29.9 Å². The lowest BCUT2D eigenvalue weighted by Crippen LogP contribution is -2.42. The molecule has 0 unspecified atom stereocenters. The number of carbonyl (C=O) groups excluding carboxylic acids is 1. The molecule has 6 nitrogen and oxygen atoms in total. The third-order valence-corrected chi connectivity index (χ3v) is 7.44. The summed E-state index contributed by atoms with van der Waals surface area (Å²) in [5.41, 5.74) is 1.44. The quantitative estimate of drug-likeness (QED) is 0.223. The molecule has 8 heteroatoms. The molecule has 2 aromatic carbocycles. The van der Waals surface area contributed by atoms with Gasteiger partial charge in [0.05, 0.1) is 16.7 Å². The molecule has 1 fully saturated rings. The molecular formula is C27H32FN3O3S. The van der Waals surface area contributed by atoms with Gasteiger partial charge in [-0.1, -0.05) is 55.3 Å². The number of aromatic nitrogens is 2. The van der Waals surface area contributed by atoms with Crippen LogP contribution in [-0.2, 0) is 22.6 Å². The van der Waals surface area contributed by atoms with Crippen LogP contribution in [0, 0.1) is 5.82 Å². The third kappa shape index (κ3) is 6.49. The zero-order valence-corrected chi connectivity index (χ0v) is 20.9. The second-order valence-corrected chi connectivity index (χ2v) is 9.89. The van der Waals surface area contributed by atoms with E-state index in [-0.39, 0.29) is 29.1 Å². The summed E-state index contributed by atoms with van der Waals surface area (Å²) in [7, 11) is 1.64. The first-order valence-electron chi connectivity index (χ1n) is 12.2. The minimum Gasteiger partial charge on any atom is -0.385 e. The topological polar surface area (TPSA) is 64.4 Å². The molecule has 1 aliphatic rings. The van der Waals surface area contributed by atoms with Crippen LogP contribution in [0.1, 0.15) is 44.1 Å². The number of fused-ring (bicyclic) bond motifs is 1. The van der Waals surface area contributed by atoms with Gasteiger partial charge in [-0.3, -0.25) is 14.2 Å². The Morgan fingerprint density at radius 1 is 1.14 bits per heavy atom. The van der Waals surface area contributed by atoms with Crippen molar-refractivity contribution in [2.24, 2.45) is 0 Å². The van der Waals surface area contributed by atoms with Crippen molar-refractivity contribution in [2.45, 2.75) is 62.8 Å². The first kappa shape index (κ1) is 25.4. The summed E-state index contributed by atoms with van der Waals surface area (Å²) in [6, 6.07) is 13.8. The monoisotopic (exact) mass is 497 g/mol. The van der Waals surface area contributed by atoms with Crippen LogP contribution in [0.15, 0.2) is 58.5 Å². The number of rotatable bonds is 10. The molecule has 0 bridgehead atoms. The Morgan fingerprint density at radius 2 is 1.89 bits per heavy atom. The van der Waals surface area contributed by atoms with Crippen molar-refractivity contribution in [3.8, 4) is 0 Å². The summed E-state index contributed by atoms with van der Waals surface area (Å²) in [5, 5.41) is 1.12. The van der Waals surface area contributed by atoms with Crippen LogP contribution in [0.2, 0.25) is 0 Å². The zero-order chi connectivity index (χ0) is 24.6. The molecule has 186 valence electrons. The van der Waals surface area contributed by atoms with Gasteiger partial charge < -0.3 is 9.64 Å². The number of hydrogen-bond donors (Lipinski definition) is 0. The maximum atomic E-state index is 13.5. The SMILES string of the molecule is COCCCn1c(SCC(=O)N(Cc2ccc(F)cc2)C2CCCCC2)nc2ccccc2c1=O. The van der Waals surface area contributed by atoms with E-state index < -0.39 is 0 Å². The molecule has 0 aliphatic heterocycles. The molecule has 0 N–H and O–H groups in total. The number of amides is 1. The molecule has 4 rings (SSSR count). The average Bonchev–Trinajstić information content (AvgIpc) is 2.89. The number of methoxy groups -OCH3 is 1. The van der Waals surface area contributed by atoms with Crippen molar-refractivity contribution in [3.05, 3.63) is 70.3 Å². The van der Waals surface area contributed by atoms with Crippen LogP contribution in [0.3, 0.4) is 0 Å². The molecule has 1 amide bonds. The Morgan fingerprint density at radius 3 is 2.63 bits per heavy atom. The Hall–Kier alpha value is -2.71. The fourth-order valence-electron chi connectivity index (χ4n) is 4.63. The van der Waals surface area contributed by atoms with Crippen LogP contribution in [-0.4, -0.2) is 45.9 Å². The number of thioether (sulfide) groups is 1. The first-order chi connectivity index (χ1) is 17.1. The minimum atomic E-state index is -0.284. The fourth-order valence-corrected chi connectivity index (χ4v) is 5.54. The van der Waals surface area contributed by atoms with Crippen molar-refractivity contribution >= 4 is 28.6 Å². The van der Waals surface area contributed by atoms with Crippen LogP contribution in [0.4, 0.5) is 4.39 Å². The van der Waals surface area contributed by atoms with Crippen molar-refractivity contribution in [3.63, 3.8) is 0 Å². The normalized spacial score (nSPS) is 14.3. The Kier molecular flexibility index (Phi) is 8.93. The van der Waals surface area contributed by atoms with E-state index in [1.807, 2.05) is 23.1 Å². The van der Waals surface area contributed by atoms with E-state index in [0.29, 0.717) is 42.2 Å². The van der Waals surface area contributed by atoms with E-state index >= 15 is 0 Å². The molecule has 1 saturated carbocycles. The summed E-state index contributed by atoms with van der Waals surface area (Å²) in [6.07, 6.45) is 6.04. The molecular weight excluding hydrogens is 465 g/mol. The maximum Gasteiger partial charge on any atom is 0.262 e. The molecule has 0 spiro atoms. The highest BCUT2D eigenvalue weighted by Crippen LogP contribution is 2.26. The molecule has 1 aliphatic carbocycles. The van der Waals surface area contributed by atoms with Gasteiger partial charge in [0.1, 0.15) is 5.82 Å². The van der Waals surface area contributed by atoms with Gasteiger partial charge in [0, 0.05) is 32.8 Å². The summed E-state index contributed by atoms with van der Waals surface area (Å²) >= 11 is 1.31. The van der Waals surface area contributed by atoms with Gasteiger partial charge >= 0.3 is 0 Å². The predicted octanol–water partition coefficient (Wildman–Crippen LogP) is 5.03. The maximum absolute atomic E-state index is 13.5. The van der Waals surface area contributed by atoms with Crippen molar-refractivity contribution < 1.29 is 13.9 Å². The molecule has 0 radical (unpaired) electrons. The number of hydrogen-bond acceptors (Lipinski definition) is 5. The van der Waals surface area contributed by atoms with Gasteiger partial charge in [0.15, 0.2) is 5.16 Å². The summed E-state index contributed by atoms with van der Waals surface area (Å²) < 4.78 is 20.2. The Bertz CT molecular complexity index is 1190. The lowest BCUT2D eigenvalue weighted by Gasteiger charge is -2.34. The lowest BCUT2D eigenvalue weighted by molar-refractivity contribution is -0.132. The molecule has 0 atom stereocenters. The predicted molar refractivity (Wildman–Crippen MR) is 137 cm³/mol. The standard InChI is InChI=1S/C27H32FN3O3S/c1-34-17-7-16-30-26(33)23-10-5-6-11-24(23)29-27(30)35-19-25(32)31(22-8-3-2-4-9-22)18-20-12-14-21(28)15-13-20/h5-6,10-15,22H,2-4,7-9,16-19H2,1H3. The van der Waals surface area contributed by atoms with Crippen LogP contribution in [0.25, 0.3) is 10.9 Å². The van der Waals surface area contributed by atoms with Crippen LogP contribution >= 0.6 is 11.8 Å². The number of halogens is 1. The zero-order valence-electron chi connectivity index (χ0n) is 20.1.